The highest BCUT2D eigenvalue weighted by Gasteiger charge is 2.25. The summed E-state index contributed by atoms with van der Waals surface area (Å²) in [6, 6.07) is -0.0391. The fraction of sp³-hybridized carbons (Fsp3) is 0.455. The molecule has 0 bridgehead atoms. The van der Waals surface area contributed by atoms with Crippen LogP contribution in [0.1, 0.15) is 16.9 Å². The molecule has 2 N–H and O–H groups in total. The largest absolute Gasteiger partial charge is 0.476 e. The van der Waals surface area contributed by atoms with Crippen LogP contribution in [-0.2, 0) is 4.74 Å². The number of amides is 1. The van der Waals surface area contributed by atoms with Crippen LogP contribution in [-0.4, -0.2) is 53.4 Å². The molecule has 0 aliphatic carbocycles. The van der Waals surface area contributed by atoms with Gasteiger partial charge in [0.15, 0.2) is 5.69 Å². The Hall–Kier alpha value is -2.38. The molecule has 1 unspecified atom stereocenters. The van der Waals surface area contributed by atoms with Crippen molar-refractivity contribution in [2.45, 2.75) is 12.5 Å². The van der Waals surface area contributed by atoms with Crippen LogP contribution in [0.2, 0.25) is 0 Å². The summed E-state index contributed by atoms with van der Waals surface area (Å²) in [5, 5.41) is 11.6. The average molecular weight is 266 g/mol. The number of hydrogen-bond acceptors (Lipinski definition) is 6. The molecule has 0 aromatic carbocycles. The number of ether oxygens (including phenoxy) is 1. The van der Waals surface area contributed by atoms with Crippen LogP contribution in [0.15, 0.2) is 12.4 Å². The van der Waals surface area contributed by atoms with Crippen LogP contribution in [0.25, 0.3) is 0 Å². The standard InChI is InChI=1S/C11H14N4O4/c1-19-11(18)13-7-2-3-15(6-7)9-5-12-4-8(14-9)10(16)17/h4-5,7H,2-3,6H2,1H3,(H,13,18)(H,16,17). The number of carbonyl (C=O) groups is 2. The maximum absolute atomic E-state index is 11.1. The van der Waals surface area contributed by atoms with E-state index in [1.165, 1.54) is 19.5 Å². The highest BCUT2D eigenvalue weighted by Crippen LogP contribution is 2.17. The number of carboxylic acids is 1. The van der Waals surface area contributed by atoms with Gasteiger partial charge in [-0.05, 0) is 6.42 Å². The monoisotopic (exact) mass is 266 g/mol. The van der Waals surface area contributed by atoms with Crippen molar-refractivity contribution in [3.63, 3.8) is 0 Å². The molecule has 1 fully saturated rings. The van der Waals surface area contributed by atoms with Gasteiger partial charge in [-0.1, -0.05) is 0 Å². The summed E-state index contributed by atoms with van der Waals surface area (Å²) in [4.78, 5) is 31.7. The lowest BCUT2D eigenvalue weighted by molar-refractivity contribution is 0.0690. The molecular formula is C11H14N4O4. The van der Waals surface area contributed by atoms with E-state index < -0.39 is 12.1 Å². The number of aromatic nitrogens is 2. The van der Waals surface area contributed by atoms with Gasteiger partial charge in [-0.25, -0.2) is 14.6 Å². The van der Waals surface area contributed by atoms with Gasteiger partial charge < -0.3 is 20.1 Å². The van der Waals surface area contributed by atoms with Gasteiger partial charge in [0.05, 0.1) is 25.5 Å². The number of nitrogens with zero attached hydrogens (tertiary/aromatic N) is 3. The second kappa shape index (κ2) is 5.51. The van der Waals surface area contributed by atoms with Crippen molar-refractivity contribution in [3.8, 4) is 0 Å². The zero-order valence-corrected chi connectivity index (χ0v) is 10.4. The van der Waals surface area contributed by atoms with E-state index >= 15 is 0 Å². The van der Waals surface area contributed by atoms with Gasteiger partial charge in [-0.15, -0.1) is 0 Å². The maximum atomic E-state index is 11.1. The molecule has 1 atom stereocenters. The van der Waals surface area contributed by atoms with E-state index in [1.807, 2.05) is 4.90 Å². The molecule has 2 heterocycles. The van der Waals surface area contributed by atoms with Crippen LogP contribution in [0, 0.1) is 0 Å². The maximum Gasteiger partial charge on any atom is 0.407 e. The topological polar surface area (TPSA) is 105 Å². The number of carbonyl (C=O) groups excluding carboxylic acids is 1. The smallest absolute Gasteiger partial charge is 0.407 e. The van der Waals surface area contributed by atoms with Gasteiger partial charge in [0.1, 0.15) is 5.82 Å². The van der Waals surface area contributed by atoms with E-state index in [0.29, 0.717) is 18.9 Å². The summed E-state index contributed by atoms with van der Waals surface area (Å²) in [5.74, 6) is -0.619. The quantitative estimate of drug-likeness (QED) is 0.799. The second-order valence-corrected chi connectivity index (χ2v) is 4.14. The number of alkyl carbamates (subject to hydrolysis) is 1. The number of carboxylic acid groups (broad SMARTS) is 1. The van der Waals surface area contributed by atoms with Crippen molar-refractivity contribution in [2.24, 2.45) is 0 Å². The van der Waals surface area contributed by atoms with Gasteiger partial charge in [0.2, 0.25) is 0 Å². The zero-order chi connectivity index (χ0) is 13.8. The van der Waals surface area contributed by atoms with Crippen LogP contribution in [0.4, 0.5) is 10.6 Å². The third-order valence-electron chi connectivity index (χ3n) is 2.86. The number of nitrogens with one attached hydrogen (secondary N) is 1. The molecule has 0 spiro atoms. The molecule has 8 heteroatoms. The second-order valence-electron chi connectivity index (χ2n) is 4.14. The first-order valence-electron chi connectivity index (χ1n) is 5.75. The molecule has 1 saturated heterocycles. The molecule has 1 aromatic rings. The lowest BCUT2D eigenvalue weighted by atomic mass is 10.3. The summed E-state index contributed by atoms with van der Waals surface area (Å²) in [7, 11) is 1.31. The number of anilines is 1. The van der Waals surface area contributed by atoms with Crippen LogP contribution < -0.4 is 10.2 Å². The first-order valence-corrected chi connectivity index (χ1v) is 5.75. The first-order chi connectivity index (χ1) is 9.10. The molecular weight excluding hydrogens is 252 g/mol. The van der Waals surface area contributed by atoms with E-state index in [2.05, 4.69) is 20.0 Å². The average Bonchev–Trinajstić information content (AvgIpc) is 2.87. The molecule has 1 amide bonds. The van der Waals surface area contributed by atoms with E-state index in [0.717, 1.165) is 6.42 Å². The normalized spacial score (nSPS) is 18.2. The number of aromatic carboxylic acids is 1. The molecule has 19 heavy (non-hydrogen) atoms. The van der Waals surface area contributed by atoms with E-state index in [4.69, 9.17) is 5.11 Å². The third-order valence-corrected chi connectivity index (χ3v) is 2.86. The van der Waals surface area contributed by atoms with Crippen molar-refractivity contribution in [1.82, 2.24) is 15.3 Å². The Balaban J connectivity index is 2.02. The molecule has 1 aromatic heterocycles. The van der Waals surface area contributed by atoms with Crippen LogP contribution >= 0.6 is 0 Å². The third kappa shape index (κ3) is 3.09. The van der Waals surface area contributed by atoms with E-state index in [1.54, 1.807) is 0 Å². The van der Waals surface area contributed by atoms with Crippen molar-refractivity contribution in [1.29, 1.82) is 0 Å². The summed E-state index contributed by atoms with van der Waals surface area (Å²) in [6.07, 6.45) is 2.98. The molecule has 2 rings (SSSR count). The Morgan fingerprint density at radius 2 is 2.32 bits per heavy atom. The fourth-order valence-electron chi connectivity index (χ4n) is 1.92. The lowest BCUT2D eigenvalue weighted by Crippen LogP contribution is -2.37. The molecule has 1 aliphatic rings. The molecule has 102 valence electrons. The summed E-state index contributed by atoms with van der Waals surface area (Å²) < 4.78 is 4.53. The number of methoxy groups -OCH3 is 1. The predicted octanol–water partition coefficient (Wildman–Crippen LogP) is 0.109. The minimum atomic E-state index is -1.11. The molecule has 0 radical (unpaired) electrons. The fourth-order valence-corrected chi connectivity index (χ4v) is 1.92. The van der Waals surface area contributed by atoms with Crippen LogP contribution in [0.5, 0.6) is 0 Å². The first kappa shape index (κ1) is 13.1. The summed E-state index contributed by atoms with van der Waals surface area (Å²) >= 11 is 0. The van der Waals surface area contributed by atoms with E-state index in [9.17, 15) is 9.59 Å². The summed E-state index contributed by atoms with van der Waals surface area (Å²) in [6.45, 7) is 1.22. The minimum absolute atomic E-state index is 0.0391. The Morgan fingerprint density at radius 3 is 3.00 bits per heavy atom. The molecule has 1 aliphatic heterocycles. The van der Waals surface area contributed by atoms with Gasteiger partial charge >= 0.3 is 12.1 Å². The zero-order valence-electron chi connectivity index (χ0n) is 10.4. The van der Waals surface area contributed by atoms with Crippen LogP contribution in [0.3, 0.4) is 0 Å². The Morgan fingerprint density at radius 1 is 1.53 bits per heavy atom. The molecule has 8 nitrogen and oxygen atoms in total. The van der Waals surface area contributed by atoms with Gasteiger partial charge in [-0.3, -0.25) is 4.98 Å². The highest BCUT2D eigenvalue weighted by atomic mass is 16.5. The van der Waals surface area contributed by atoms with Crippen molar-refractivity contribution in [2.75, 3.05) is 25.1 Å². The number of rotatable bonds is 3. The lowest BCUT2D eigenvalue weighted by Gasteiger charge is -2.17. The predicted molar refractivity (Wildman–Crippen MR) is 65.2 cm³/mol. The SMILES string of the molecule is COC(=O)NC1CCN(c2cncc(C(=O)O)n2)C1. The minimum Gasteiger partial charge on any atom is -0.476 e. The Kier molecular flexibility index (Phi) is 3.79. The van der Waals surface area contributed by atoms with Gasteiger partial charge in [0.25, 0.3) is 0 Å². The summed E-state index contributed by atoms with van der Waals surface area (Å²) in [5.41, 5.74) is -0.0955. The Labute approximate surface area is 109 Å². The van der Waals surface area contributed by atoms with Crippen molar-refractivity contribution < 1.29 is 19.4 Å². The van der Waals surface area contributed by atoms with Gasteiger partial charge in [0, 0.05) is 13.1 Å². The van der Waals surface area contributed by atoms with Crippen molar-refractivity contribution in [3.05, 3.63) is 18.1 Å². The van der Waals surface area contributed by atoms with Gasteiger partial charge in [-0.2, -0.15) is 0 Å². The molecule has 0 saturated carbocycles. The Bertz CT molecular complexity index is 493. The number of hydrogen-bond donors (Lipinski definition) is 2. The van der Waals surface area contributed by atoms with E-state index in [-0.39, 0.29) is 11.7 Å². The highest BCUT2D eigenvalue weighted by molar-refractivity contribution is 5.85. The van der Waals surface area contributed by atoms with Crippen molar-refractivity contribution >= 4 is 17.9 Å².